The molecule has 1 aliphatic heterocycles. The highest BCUT2D eigenvalue weighted by molar-refractivity contribution is 4.85. The van der Waals surface area contributed by atoms with Gasteiger partial charge in [0.25, 0.3) is 0 Å². The SMILES string of the molecule is CCCN1CC(C)CC(NC2CCCC2)C1. The zero-order chi connectivity index (χ0) is 11.4. The molecule has 0 radical (unpaired) electrons. The van der Waals surface area contributed by atoms with Gasteiger partial charge in [0, 0.05) is 25.2 Å². The summed E-state index contributed by atoms with van der Waals surface area (Å²) in [6.45, 7) is 8.59. The van der Waals surface area contributed by atoms with E-state index < -0.39 is 0 Å². The first kappa shape index (κ1) is 12.4. The van der Waals surface area contributed by atoms with Gasteiger partial charge in [-0.05, 0) is 38.1 Å². The molecule has 1 saturated heterocycles. The van der Waals surface area contributed by atoms with Crippen LogP contribution in [0, 0.1) is 5.92 Å². The second-order valence-corrected chi connectivity index (χ2v) is 5.95. The molecule has 0 amide bonds. The van der Waals surface area contributed by atoms with Crippen molar-refractivity contribution < 1.29 is 0 Å². The molecule has 1 N–H and O–H groups in total. The largest absolute Gasteiger partial charge is 0.310 e. The van der Waals surface area contributed by atoms with Crippen LogP contribution in [0.3, 0.4) is 0 Å². The molecule has 94 valence electrons. The van der Waals surface area contributed by atoms with Gasteiger partial charge < -0.3 is 10.2 Å². The Balaban J connectivity index is 1.78. The van der Waals surface area contributed by atoms with Crippen LogP contribution in [0.5, 0.6) is 0 Å². The van der Waals surface area contributed by atoms with E-state index in [2.05, 4.69) is 24.1 Å². The molecule has 0 bridgehead atoms. The summed E-state index contributed by atoms with van der Waals surface area (Å²) in [6, 6.07) is 1.59. The van der Waals surface area contributed by atoms with Crippen molar-refractivity contribution in [1.29, 1.82) is 0 Å². The van der Waals surface area contributed by atoms with E-state index in [1.165, 1.54) is 58.2 Å². The van der Waals surface area contributed by atoms with E-state index in [0.717, 1.165) is 18.0 Å². The second-order valence-electron chi connectivity index (χ2n) is 5.95. The molecule has 0 aromatic rings. The van der Waals surface area contributed by atoms with Crippen molar-refractivity contribution in [2.45, 2.75) is 64.5 Å². The maximum atomic E-state index is 3.89. The first-order valence-electron chi connectivity index (χ1n) is 7.26. The van der Waals surface area contributed by atoms with Gasteiger partial charge >= 0.3 is 0 Å². The third kappa shape index (κ3) is 3.46. The van der Waals surface area contributed by atoms with Crippen LogP contribution < -0.4 is 5.32 Å². The fourth-order valence-corrected chi connectivity index (χ4v) is 3.51. The monoisotopic (exact) mass is 224 g/mol. The van der Waals surface area contributed by atoms with E-state index in [9.17, 15) is 0 Å². The van der Waals surface area contributed by atoms with Crippen molar-refractivity contribution in [3.8, 4) is 0 Å². The van der Waals surface area contributed by atoms with E-state index in [1.54, 1.807) is 0 Å². The molecule has 2 unspecified atom stereocenters. The molecule has 2 fully saturated rings. The summed E-state index contributed by atoms with van der Waals surface area (Å²) in [5.41, 5.74) is 0. The second kappa shape index (κ2) is 6.02. The molecule has 0 aromatic carbocycles. The summed E-state index contributed by atoms with van der Waals surface area (Å²) in [4.78, 5) is 2.65. The van der Waals surface area contributed by atoms with Crippen molar-refractivity contribution in [2.24, 2.45) is 5.92 Å². The lowest BCUT2D eigenvalue weighted by Gasteiger charge is -2.38. The highest BCUT2D eigenvalue weighted by atomic mass is 15.2. The van der Waals surface area contributed by atoms with Gasteiger partial charge in [0.1, 0.15) is 0 Å². The number of hydrogen-bond acceptors (Lipinski definition) is 2. The number of nitrogens with one attached hydrogen (secondary N) is 1. The quantitative estimate of drug-likeness (QED) is 0.790. The maximum absolute atomic E-state index is 3.89. The highest BCUT2D eigenvalue weighted by Gasteiger charge is 2.26. The Kier molecular flexibility index (Phi) is 4.66. The fraction of sp³-hybridized carbons (Fsp3) is 1.00. The van der Waals surface area contributed by atoms with Crippen LogP contribution in [0.25, 0.3) is 0 Å². The Morgan fingerprint density at radius 1 is 1.12 bits per heavy atom. The van der Waals surface area contributed by atoms with Crippen molar-refractivity contribution in [2.75, 3.05) is 19.6 Å². The Labute approximate surface area is 101 Å². The molecule has 0 spiro atoms. The first-order valence-corrected chi connectivity index (χ1v) is 7.26. The minimum absolute atomic E-state index is 0.762. The maximum Gasteiger partial charge on any atom is 0.0200 e. The van der Waals surface area contributed by atoms with Gasteiger partial charge in [0.15, 0.2) is 0 Å². The zero-order valence-electron chi connectivity index (χ0n) is 11.0. The average molecular weight is 224 g/mol. The molecule has 2 aliphatic rings. The third-order valence-corrected chi connectivity index (χ3v) is 4.10. The minimum Gasteiger partial charge on any atom is -0.310 e. The number of likely N-dealkylation sites (tertiary alicyclic amines) is 1. The van der Waals surface area contributed by atoms with Crippen molar-refractivity contribution >= 4 is 0 Å². The lowest BCUT2D eigenvalue weighted by atomic mass is 9.95. The Bertz CT molecular complexity index is 199. The average Bonchev–Trinajstić information content (AvgIpc) is 2.70. The molecule has 1 heterocycles. The number of rotatable bonds is 4. The lowest BCUT2D eigenvalue weighted by Crippen LogP contribution is -2.51. The molecule has 1 saturated carbocycles. The minimum atomic E-state index is 0.762. The predicted molar refractivity (Wildman–Crippen MR) is 69.7 cm³/mol. The van der Waals surface area contributed by atoms with E-state index in [0.29, 0.717) is 0 Å². The summed E-state index contributed by atoms with van der Waals surface area (Å²) in [5.74, 6) is 0.874. The number of hydrogen-bond donors (Lipinski definition) is 1. The number of piperidine rings is 1. The molecule has 2 nitrogen and oxygen atoms in total. The smallest absolute Gasteiger partial charge is 0.0200 e. The van der Waals surface area contributed by atoms with Gasteiger partial charge in [-0.15, -0.1) is 0 Å². The molecule has 1 aliphatic carbocycles. The third-order valence-electron chi connectivity index (χ3n) is 4.10. The summed E-state index contributed by atoms with van der Waals surface area (Å²) in [6.07, 6.45) is 8.40. The first-order chi connectivity index (χ1) is 7.78. The van der Waals surface area contributed by atoms with Crippen LogP contribution >= 0.6 is 0 Å². The van der Waals surface area contributed by atoms with Crippen LogP contribution in [0.2, 0.25) is 0 Å². The van der Waals surface area contributed by atoms with Crippen LogP contribution in [0.15, 0.2) is 0 Å². The van der Waals surface area contributed by atoms with Gasteiger partial charge in [-0.25, -0.2) is 0 Å². The summed E-state index contributed by atoms with van der Waals surface area (Å²) < 4.78 is 0. The van der Waals surface area contributed by atoms with Crippen molar-refractivity contribution in [3.05, 3.63) is 0 Å². The van der Waals surface area contributed by atoms with E-state index in [4.69, 9.17) is 0 Å². The molecule has 2 atom stereocenters. The summed E-state index contributed by atoms with van der Waals surface area (Å²) in [5, 5.41) is 3.89. The standard InChI is InChI=1S/C14H28N2/c1-3-8-16-10-12(2)9-14(11-16)15-13-6-4-5-7-13/h12-15H,3-11H2,1-2H3. The van der Waals surface area contributed by atoms with Crippen LogP contribution in [0.4, 0.5) is 0 Å². The van der Waals surface area contributed by atoms with Gasteiger partial charge in [-0.2, -0.15) is 0 Å². The summed E-state index contributed by atoms with van der Waals surface area (Å²) >= 11 is 0. The number of nitrogens with zero attached hydrogens (tertiary/aromatic N) is 1. The van der Waals surface area contributed by atoms with Crippen molar-refractivity contribution in [3.63, 3.8) is 0 Å². The van der Waals surface area contributed by atoms with E-state index >= 15 is 0 Å². The van der Waals surface area contributed by atoms with E-state index in [-0.39, 0.29) is 0 Å². The van der Waals surface area contributed by atoms with Crippen LogP contribution in [-0.2, 0) is 0 Å². The molecule has 0 aromatic heterocycles. The zero-order valence-corrected chi connectivity index (χ0v) is 11.0. The molecule has 2 rings (SSSR count). The Morgan fingerprint density at radius 3 is 2.56 bits per heavy atom. The summed E-state index contributed by atoms with van der Waals surface area (Å²) in [7, 11) is 0. The topological polar surface area (TPSA) is 15.3 Å². The van der Waals surface area contributed by atoms with Gasteiger partial charge in [-0.1, -0.05) is 26.7 Å². The molecular formula is C14H28N2. The fourth-order valence-electron chi connectivity index (χ4n) is 3.51. The highest BCUT2D eigenvalue weighted by Crippen LogP contribution is 2.22. The van der Waals surface area contributed by atoms with Gasteiger partial charge in [0.2, 0.25) is 0 Å². The molecule has 16 heavy (non-hydrogen) atoms. The van der Waals surface area contributed by atoms with Gasteiger partial charge in [-0.3, -0.25) is 0 Å². The lowest BCUT2D eigenvalue weighted by molar-refractivity contribution is 0.143. The Hall–Kier alpha value is -0.0800. The molecule has 2 heteroatoms. The van der Waals surface area contributed by atoms with E-state index in [1.807, 2.05) is 0 Å². The van der Waals surface area contributed by atoms with Crippen LogP contribution in [-0.4, -0.2) is 36.6 Å². The predicted octanol–water partition coefficient (Wildman–Crippen LogP) is 2.64. The Morgan fingerprint density at radius 2 is 1.88 bits per heavy atom. The molecular weight excluding hydrogens is 196 g/mol. The van der Waals surface area contributed by atoms with Crippen LogP contribution in [0.1, 0.15) is 52.4 Å². The van der Waals surface area contributed by atoms with Crippen molar-refractivity contribution in [1.82, 2.24) is 10.2 Å². The van der Waals surface area contributed by atoms with Gasteiger partial charge in [0.05, 0.1) is 0 Å². The normalized spacial score (nSPS) is 33.4.